The predicted molar refractivity (Wildman–Crippen MR) is 49.9 cm³/mol. The fraction of sp³-hybridized carbons (Fsp3) is 0.500. The summed E-state index contributed by atoms with van der Waals surface area (Å²) in [4.78, 5) is 21.2. The number of nitro groups is 1. The van der Waals surface area contributed by atoms with Crippen LogP contribution >= 0.6 is 0 Å². The molecule has 0 amide bonds. The number of hydrogen-bond acceptors (Lipinski definition) is 5. The molecule has 0 aromatic carbocycles. The average molecular weight is 213 g/mol. The van der Waals surface area contributed by atoms with Crippen LogP contribution in [0, 0.1) is 10.1 Å². The highest BCUT2D eigenvalue weighted by Gasteiger charge is 2.20. The molecule has 0 saturated heterocycles. The molecule has 7 nitrogen and oxygen atoms in total. The van der Waals surface area contributed by atoms with Gasteiger partial charge in [0, 0.05) is 18.2 Å². The van der Waals surface area contributed by atoms with E-state index >= 15 is 0 Å². The van der Waals surface area contributed by atoms with E-state index in [2.05, 4.69) is 5.10 Å². The second-order valence-electron chi connectivity index (χ2n) is 2.89. The molecule has 7 heteroatoms. The van der Waals surface area contributed by atoms with Crippen molar-refractivity contribution >= 4 is 5.97 Å². The van der Waals surface area contributed by atoms with Crippen LogP contribution in [0.1, 0.15) is 23.0 Å². The molecule has 0 bridgehead atoms. The molecule has 0 aliphatic heterocycles. The summed E-state index contributed by atoms with van der Waals surface area (Å²) in [6, 6.07) is 0. The maximum Gasteiger partial charge on any atom is 0.359 e. The first-order chi connectivity index (χ1) is 7.04. The Labute approximate surface area is 85.8 Å². The summed E-state index contributed by atoms with van der Waals surface area (Å²) in [5, 5.41) is 14.1. The normalized spacial score (nSPS) is 10.0. The van der Waals surface area contributed by atoms with E-state index in [-0.39, 0.29) is 17.9 Å². The lowest BCUT2D eigenvalue weighted by Gasteiger charge is -1.98. The molecule has 0 aliphatic rings. The van der Waals surface area contributed by atoms with Gasteiger partial charge in [0.05, 0.1) is 12.2 Å². The van der Waals surface area contributed by atoms with Crippen molar-refractivity contribution in [2.75, 3.05) is 6.61 Å². The fourth-order valence-electron chi connectivity index (χ4n) is 1.16. The van der Waals surface area contributed by atoms with Gasteiger partial charge in [-0.3, -0.25) is 14.8 Å². The maximum atomic E-state index is 11.3. The van der Waals surface area contributed by atoms with E-state index < -0.39 is 17.4 Å². The van der Waals surface area contributed by atoms with Crippen LogP contribution in [0.3, 0.4) is 0 Å². The van der Waals surface area contributed by atoms with Crippen LogP contribution in [0.25, 0.3) is 0 Å². The molecule has 0 saturated carbocycles. The van der Waals surface area contributed by atoms with Gasteiger partial charge in [0.2, 0.25) is 6.54 Å². The monoisotopic (exact) mass is 213 g/mol. The van der Waals surface area contributed by atoms with Crippen molar-refractivity contribution in [3.63, 3.8) is 0 Å². The van der Waals surface area contributed by atoms with Gasteiger partial charge < -0.3 is 4.74 Å². The first-order valence-electron chi connectivity index (χ1n) is 4.36. The first kappa shape index (κ1) is 11.2. The molecule has 15 heavy (non-hydrogen) atoms. The smallest absolute Gasteiger partial charge is 0.359 e. The molecule has 1 aromatic heterocycles. The van der Waals surface area contributed by atoms with E-state index in [0.29, 0.717) is 0 Å². The lowest BCUT2D eigenvalue weighted by Crippen LogP contribution is -2.10. The minimum absolute atomic E-state index is 0.0102. The Balaban J connectivity index is 2.95. The first-order valence-corrected chi connectivity index (χ1v) is 4.36. The standard InChI is InChI=1S/C8H11N3O4/c1-3-15-8(12)7-6(5-11(13)14)4-10(2)9-7/h4H,3,5H2,1-2H3. The Morgan fingerprint density at radius 3 is 2.93 bits per heavy atom. The van der Waals surface area contributed by atoms with Gasteiger partial charge in [0.15, 0.2) is 5.69 Å². The lowest BCUT2D eigenvalue weighted by molar-refractivity contribution is -0.496. The van der Waals surface area contributed by atoms with E-state index in [0.717, 1.165) is 0 Å². The zero-order valence-electron chi connectivity index (χ0n) is 8.47. The molecule has 1 aromatic rings. The molecular weight excluding hydrogens is 202 g/mol. The van der Waals surface area contributed by atoms with Crippen LogP contribution in [-0.2, 0) is 18.3 Å². The van der Waals surface area contributed by atoms with Crippen molar-refractivity contribution in [1.29, 1.82) is 0 Å². The summed E-state index contributed by atoms with van der Waals surface area (Å²) < 4.78 is 6.08. The quantitative estimate of drug-likeness (QED) is 0.409. The van der Waals surface area contributed by atoms with Gasteiger partial charge in [0.1, 0.15) is 0 Å². The van der Waals surface area contributed by atoms with Crippen LogP contribution in [0.4, 0.5) is 0 Å². The number of hydrogen-bond donors (Lipinski definition) is 0. The highest BCUT2D eigenvalue weighted by molar-refractivity contribution is 5.88. The molecule has 0 atom stereocenters. The minimum Gasteiger partial charge on any atom is -0.461 e. The molecule has 1 heterocycles. The van der Waals surface area contributed by atoms with Crippen molar-refractivity contribution in [3.8, 4) is 0 Å². The van der Waals surface area contributed by atoms with Gasteiger partial charge in [-0.15, -0.1) is 0 Å². The number of carbonyl (C=O) groups is 1. The Kier molecular flexibility index (Phi) is 3.37. The van der Waals surface area contributed by atoms with Crippen molar-refractivity contribution < 1.29 is 14.5 Å². The van der Waals surface area contributed by atoms with Crippen molar-refractivity contribution in [2.24, 2.45) is 7.05 Å². The van der Waals surface area contributed by atoms with Crippen LogP contribution in [0.5, 0.6) is 0 Å². The van der Waals surface area contributed by atoms with E-state index in [1.807, 2.05) is 0 Å². The van der Waals surface area contributed by atoms with Gasteiger partial charge in [-0.25, -0.2) is 4.79 Å². The summed E-state index contributed by atoms with van der Waals surface area (Å²) >= 11 is 0. The second kappa shape index (κ2) is 4.54. The number of rotatable bonds is 4. The van der Waals surface area contributed by atoms with Gasteiger partial charge in [-0.2, -0.15) is 5.10 Å². The second-order valence-corrected chi connectivity index (χ2v) is 2.89. The van der Waals surface area contributed by atoms with Crippen molar-refractivity contribution in [1.82, 2.24) is 9.78 Å². The van der Waals surface area contributed by atoms with E-state index in [1.54, 1.807) is 14.0 Å². The lowest BCUT2D eigenvalue weighted by atomic mass is 10.2. The number of carbonyl (C=O) groups excluding carboxylic acids is 1. The zero-order valence-corrected chi connectivity index (χ0v) is 8.47. The topological polar surface area (TPSA) is 87.3 Å². The molecular formula is C8H11N3O4. The molecule has 0 fully saturated rings. The molecule has 0 unspecified atom stereocenters. The number of esters is 1. The molecule has 0 N–H and O–H groups in total. The van der Waals surface area contributed by atoms with Crippen LogP contribution < -0.4 is 0 Å². The molecule has 82 valence electrons. The van der Waals surface area contributed by atoms with Gasteiger partial charge in [-0.1, -0.05) is 0 Å². The van der Waals surface area contributed by atoms with Crippen molar-refractivity contribution in [3.05, 3.63) is 27.6 Å². The van der Waals surface area contributed by atoms with Crippen LogP contribution in [0.15, 0.2) is 6.20 Å². The summed E-state index contributed by atoms with van der Waals surface area (Å²) in [7, 11) is 1.59. The van der Waals surface area contributed by atoms with E-state index in [9.17, 15) is 14.9 Å². The Morgan fingerprint density at radius 2 is 2.40 bits per heavy atom. The van der Waals surface area contributed by atoms with Crippen LogP contribution in [-0.4, -0.2) is 27.3 Å². The highest BCUT2D eigenvalue weighted by Crippen LogP contribution is 2.09. The Bertz CT molecular complexity index is 385. The molecule has 0 spiro atoms. The Morgan fingerprint density at radius 1 is 1.73 bits per heavy atom. The summed E-state index contributed by atoms with van der Waals surface area (Å²) in [5.41, 5.74) is 0.275. The Hall–Kier alpha value is -1.92. The van der Waals surface area contributed by atoms with Crippen LogP contribution in [0.2, 0.25) is 0 Å². The van der Waals surface area contributed by atoms with E-state index in [4.69, 9.17) is 4.74 Å². The largest absolute Gasteiger partial charge is 0.461 e. The summed E-state index contributed by atoms with van der Waals surface area (Å²) in [5.74, 6) is -0.630. The third kappa shape index (κ3) is 2.76. The molecule has 1 rings (SSSR count). The molecule has 0 radical (unpaired) electrons. The van der Waals surface area contributed by atoms with Gasteiger partial charge in [-0.05, 0) is 6.92 Å². The zero-order chi connectivity index (χ0) is 11.4. The summed E-state index contributed by atoms with van der Waals surface area (Å²) in [6.07, 6.45) is 1.44. The van der Waals surface area contributed by atoms with Gasteiger partial charge in [0.25, 0.3) is 0 Å². The SMILES string of the molecule is CCOC(=O)c1nn(C)cc1C[N+](=O)[O-]. The third-order valence-corrected chi connectivity index (χ3v) is 1.67. The molecule has 0 aliphatic carbocycles. The third-order valence-electron chi connectivity index (χ3n) is 1.67. The minimum atomic E-state index is -0.630. The number of nitrogens with zero attached hydrogens (tertiary/aromatic N) is 3. The van der Waals surface area contributed by atoms with Gasteiger partial charge >= 0.3 is 5.97 Å². The number of aromatic nitrogens is 2. The fourth-order valence-corrected chi connectivity index (χ4v) is 1.16. The number of aryl methyl sites for hydroxylation is 1. The highest BCUT2D eigenvalue weighted by atomic mass is 16.6. The predicted octanol–water partition coefficient (Wildman–Crippen LogP) is 0.374. The summed E-state index contributed by atoms with van der Waals surface area (Å²) in [6.45, 7) is 1.45. The van der Waals surface area contributed by atoms with E-state index in [1.165, 1.54) is 10.9 Å². The maximum absolute atomic E-state index is 11.3. The van der Waals surface area contributed by atoms with Crippen molar-refractivity contribution in [2.45, 2.75) is 13.5 Å². The average Bonchev–Trinajstić information content (AvgIpc) is 2.46. The number of ether oxygens (including phenoxy) is 1.